The van der Waals surface area contributed by atoms with Gasteiger partial charge in [-0.1, -0.05) is 13.0 Å². The quantitative estimate of drug-likeness (QED) is 0.847. The van der Waals surface area contributed by atoms with Crippen LogP contribution in [0.4, 0.5) is 0 Å². The van der Waals surface area contributed by atoms with Crippen molar-refractivity contribution in [3.63, 3.8) is 0 Å². The lowest BCUT2D eigenvalue weighted by Crippen LogP contribution is -2.11. The zero-order valence-corrected chi connectivity index (χ0v) is 10.0. The van der Waals surface area contributed by atoms with Crippen LogP contribution in [0.5, 0.6) is 0 Å². The summed E-state index contributed by atoms with van der Waals surface area (Å²) in [4.78, 5) is 10.9. The van der Waals surface area contributed by atoms with Crippen molar-refractivity contribution < 1.29 is 9.90 Å². The molecule has 0 radical (unpaired) electrons. The molecule has 0 bridgehead atoms. The predicted molar refractivity (Wildman–Crippen MR) is 67.3 cm³/mol. The third kappa shape index (κ3) is 2.17. The van der Waals surface area contributed by atoms with E-state index in [2.05, 4.69) is 12.2 Å². The van der Waals surface area contributed by atoms with Gasteiger partial charge in [0.15, 0.2) is 0 Å². The molecule has 2 aromatic rings. The summed E-state index contributed by atoms with van der Waals surface area (Å²) in [5.74, 6) is -0.888. The van der Waals surface area contributed by atoms with Gasteiger partial charge in [-0.3, -0.25) is 0 Å². The van der Waals surface area contributed by atoms with E-state index in [1.54, 1.807) is 12.1 Å². The van der Waals surface area contributed by atoms with Gasteiger partial charge in [0.1, 0.15) is 0 Å². The van der Waals surface area contributed by atoms with Gasteiger partial charge in [-0.15, -0.1) is 0 Å². The molecule has 0 aliphatic carbocycles. The Morgan fingerprint density at radius 1 is 1.47 bits per heavy atom. The van der Waals surface area contributed by atoms with Crippen LogP contribution in [0.1, 0.15) is 22.8 Å². The van der Waals surface area contributed by atoms with Gasteiger partial charge in [-0.25, -0.2) is 4.79 Å². The van der Waals surface area contributed by atoms with E-state index in [1.165, 1.54) is 5.56 Å². The molecule has 90 valence electrons. The molecule has 0 aliphatic rings. The Balaban J connectivity index is 2.49. The fourth-order valence-corrected chi connectivity index (χ4v) is 2.00. The summed E-state index contributed by atoms with van der Waals surface area (Å²) < 4.78 is 1.97. The van der Waals surface area contributed by atoms with Crippen molar-refractivity contribution in [3.8, 4) is 0 Å². The Morgan fingerprint density at radius 3 is 2.88 bits per heavy atom. The smallest absolute Gasteiger partial charge is 0.335 e. The maximum absolute atomic E-state index is 10.9. The van der Waals surface area contributed by atoms with Crippen LogP contribution >= 0.6 is 0 Å². The van der Waals surface area contributed by atoms with Crippen molar-refractivity contribution in [2.45, 2.75) is 13.5 Å². The maximum atomic E-state index is 10.9. The van der Waals surface area contributed by atoms with Crippen LogP contribution in [0.2, 0.25) is 0 Å². The number of carboxylic acids is 1. The number of aryl methyl sites for hydroxylation is 1. The first-order valence-corrected chi connectivity index (χ1v) is 5.65. The topological polar surface area (TPSA) is 54.3 Å². The number of hydrogen-bond donors (Lipinski definition) is 2. The summed E-state index contributed by atoms with van der Waals surface area (Å²) in [7, 11) is 1.93. The molecule has 2 rings (SSSR count). The number of nitrogens with zero attached hydrogens (tertiary/aromatic N) is 1. The number of benzene rings is 1. The molecule has 0 saturated carbocycles. The molecule has 1 aromatic carbocycles. The van der Waals surface area contributed by atoms with Crippen LogP contribution in [-0.4, -0.2) is 22.2 Å². The lowest BCUT2D eigenvalue weighted by Gasteiger charge is -2.00. The highest BCUT2D eigenvalue weighted by Gasteiger charge is 2.09. The number of aromatic nitrogens is 1. The van der Waals surface area contributed by atoms with Gasteiger partial charge in [0.2, 0.25) is 0 Å². The SMILES string of the molecule is CCNCc1cn(C)c2cc(C(=O)O)ccc12. The van der Waals surface area contributed by atoms with Gasteiger partial charge in [-0.2, -0.15) is 0 Å². The van der Waals surface area contributed by atoms with E-state index in [9.17, 15) is 4.79 Å². The Hall–Kier alpha value is -1.81. The molecule has 1 aromatic heterocycles. The fourth-order valence-electron chi connectivity index (χ4n) is 2.00. The van der Waals surface area contributed by atoms with E-state index < -0.39 is 5.97 Å². The molecule has 1 heterocycles. The highest BCUT2D eigenvalue weighted by molar-refractivity contribution is 5.94. The van der Waals surface area contributed by atoms with Crippen LogP contribution in [-0.2, 0) is 13.6 Å². The minimum Gasteiger partial charge on any atom is -0.478 e. The van der Waals surface area contributed by atoms with Crippen molar-refractivity contribution in [1.82, 2.24) is 9.88 Å². The number of hydrogen-bond acceptors (Lipinski definition) is 2. The molecule has 17 heavy (non-hydrogen) atoms. The molecular formula is C13H16N2O2. The molecule has 4 heteroatoms. The van der Waals surface area contributed by atoms with Crippen molar-refractivity contribution >= 4 is 16.9 Å². The van der Waals surface area contributed by atoms with E-state index >= 15 is 0 Å². The third-order valence-electron chi connectivity index (χ3n) is 2.89. The van der Waals surface area contributed by atoms with Crippen molar-refractivity contribution in [2.24, 2.45) is 7.05 Å². The third-order valence-corrected chi connectivity index (χ3v) is 2.89. The summed E-state index contributed by atoms with van der Waals surface area (Å²) >= 11 is 0. The fraction of sp³-hybridized carbons (Fsp3) is 0.308. The second-order valence-electron chi connectivity index (χ2n) is 4.08. The van der Waals surface area contributed by atoms with Gasteiger partial charge in [-0.05, 0) is 24.2 Å². The first kappa shape index (κ1) is 11.7. The molecule has 0 fully saturated rings. The Morgan fingerprint density at radius 2 is 2.24 bits per heavy atom. The van der Waals surface area contributed by atoms with Crippen LogP contribution in [0, 0.1) is 0 Å². The monoisotopic (exact) mass is 232 g/mol. The summed E-state index contributed by atoms with van der Waals surface area (Å²) in [5, 5.41) is 13.3. The summed E-state index contributed by atoms with van der Waals surface area (Å²) in [6.07, 6.45) is 2.04. The molecular weight excluding hydrogens is 216 g/mol. The maximum Gasteiger partial charge on any atom is 0.335 e. The average molecular weight is 232 g/mol. The van der Waals surface area contributed by atoms with Crippen molar-refractivity contribution in [2.75, 3.05) is 6.54 Å². The molecule has 0 atom stereocenters. The van der Waals surface area contributed by atoms with Crippen LogP contribution in [0.25, 0.3) is 10.9 Å². The Kier molecular flexibility index (Phi) is 3.15. The lowest BCUT2D eigenvalue weighted by atomic mass is 10.1. The zero-order valence-electron chi connectivity index (χ0n) is 10.0. The lowest BCUT2D eigenvalue weighted by molar-refractivity contribution is 0.0697. The first-order chi connectivity index (χ1) is 8.13. The van der Waals surface area contributed by atoms with Gasteiger partial charge in [0, 0.05) is 30.7 Å². The first-order valence-electron chi connectivity index (χ1n) is 5.65. The van der Waals surface area contributed by atoms with Gasteiger partial charge in [0.05, 0.1) is 5.56 Å². The molecule has 0 amide bonds. The predicted octanol–water partition coefficient (Wildman–Crippen LogP) is 1.99. The van der Waals surface area contributed by atoms with Crippen molar-refractivity contribution in [1.29, 1.82) is 0 Å². The molecule has 2 N–H and O–H groups in total. The average Bonchev–Trinajstić information content (AvgIpc) is 2.63. The molecule has 4 nitrogen and oxygen atoms in total. The summed E-state index contributed by atoms with van der Waals surface area (Å²) in [5.41, 5.74) is 2.48. The van der Waals surface area contributed by atoms with E-state index in [4.69, 9.17) is 5.11 Å². The minimum absolute atomic E-state index is 0.328. The minimum atomic E-state index is -0.888. The number of rotatable bonds is 4. The Labute approximate surface area is 99.9 Å². The second kappa shape index (κ2) is 4.59. The van der Waals surface area contributed by atoms with Crippen LogP contribution in [0.3, 0.4) is 0 Å². The van der Waals surface area contributed by atoms with E-state index in [-0.39, 0.29) is 0 Å². The molecule has 0 spiro atoms. The van der Waals surface area contributed by atoms with E-state index in [0.29, 0.717) is 5.56 Å². The molecule has 0 unspecified atom stereocenters. The zero-order chi connectivity index (χ0) is 12.4. The largest absolute Gasteiger partial charge is 0.478 e. The number of nitrogens with one attached hydrogen (secondary N) is 1. The standard InChI is InChI=1S/C13H16N2O2/c1-3-14-7-10-8-15(2)12-6-9(13(16)17)4-5-11(10)12/h4-6,8,14H,3,7H2,1-2H3,(H,16,17). The van der Waals surface area contributed by atoms with Gasteiger partial charge in [0.25, 0.3) is 0 Å². The Bertz CT molecular complexity index is 558. The number of carbonyl (C=O) groups is 1. The number of carboxylic acid groups (broad SMARTS) is 1. The van der Waals surface area contributed by atoms with Crippen LogP contribution in [0.15, 0.2) is 24.4 Å². The van der Waals surface area contributed by atoms with E-state index in [1.807, 2.05) is 23.9 Å². The summed E-state index contributed by atoms with van der Waals surface area (Å²) in [6, 6.07) is 5.25. The molecule has 0 saturated heterocycles. The number of aromatic carboxylic acids is 1. The highest BCUT2D eigenvalue weighted by atomic mass is 16.4. The van der Waals surface area contributed by atoms with Crippen molar-refractivity contribution in [3.05, 3.63) is 35.5 Å². The molecule has 0 aliphatic heterocycles. The van der Waals surface area contributed by atoms with Crippen LogP contribution < -0.4 is 5.32 Å². The highest BCUT2D eigenvalue weighted by Crippen LogP contribution is 2.22. The summed E-state index contributed by atoms with van der Waals surface area (Å²) in [6.45, 7) is 3.79. The van der Waals surface area contributed by atoms with Gasteiger partial charge >= 0.3 is 5.97 Å². The van der Waals surface area contributed by atoms with E-state index in [0.717, 1.165) is 24.0 Å². The second-order valence-corrected chi connectivity index (χ2v) is 4.08. The van der Waals surface area contributed by atoms with Gasteiger partial charge < -0.3 is 15.0 Å². The number of fused-ring (bicyclic) bond motifs is 1. The normalized spacial score (nSPS) is 10.9.